The minimum Gasteiger partial charge on any atom is -0.361 e. The van der Waals surface area contributed by atoms with Crippen molar-refractivity contribution in [2.45, 2.75) is 11.8 Å². The fourth-order valence-electron chi connectivity index (χ4n) is 4.34. The number of aromatic amines is 1. The molecule has 5 rings (SSSR count). The van der Waals surface area contributed by atoms with Crippen LogP contribution >= 0.6 is 11.8 Å². The van der Waals surface area contributed by atoms with Crippen molar-refractivity contribution in [1.82, 2.24) is 10.3 Å². The summed E-state index contributed by atoms with van der Waals surface area (Å²) in [4.78, 5) is 53.4. The Morgan fingerprint density at radius 1 is 0.909 bits per heavy atom. The monoisotopic (exact) mass is 605 g/mol. The molecular formula is C33H27N5O5S. The zero-order valence-corrected chi connectivity index (χ0v) is 24.3. The summed E-state index contributed by atoms with van der Waals surface area (Å²) in [6, 6.07) is 27.5. The molecule has 0 spiro atoms. The SMILES string of the molecule is Cc1ccc([N+](=O)[O-])cc1NC(=O)CSc1ccc(NC(=O)/C(=C\c2c[nH]c3ccccc23)NC(=O)c2ccccc2)cc1. The Balaban J connectivity index is 1.26. The minimum absolute atomic E-state index is 0.0650. The van der Waals surface area contributed by atoms with Gasteiger partial charge in [-0.2, -0.15) is 0 Å². The first-order valence-electron chi connectivity index (χ1n) is 13.5. The van der Waals surface area contributed by atoms with E-state index in [0.717, 1.165) is 21.4 Å². The lowest BCUT2D eigenvalue weighted by Gasteiger charge is -2.12. The highest BCUT2D eigenvalue weighted by Crippen LogP contribution is 2.25. The average molecular weight is 606 g/mol. The molecule has 0 atom stereocenters. The molecule has 0 aliphatic heterocycles. The fraction of sp³-hybridized carbons (Fsp3) is 0.0606. The Kier molecular flexibility index (Phi) is 9.16. The van der Waals surface area contributed by atoms with Gasteiger partial charge >= 0.3 is 0 Å². The first-order chi connectivity index (χ1) is 21.3. The van der Waals surface area contributed by atoms with Crippen molar-refractivity contribution in [2.24, 2.45) is 0 Å². The van der Waals surface area contributed by atoms with Crippen molar-refractivity contribution >= 4 is 63.5 Å². The predicted molar refractivity (Wildman–Crippen MR) is 172 cm³/mol. The summed E-state index contributed by atoms with van der Waals surface area (Å²) >= 11 is 1.28. The largest absolute Gasteiger partial charge is 0.361 e. The van der Waals surface area contributed by atoms with Gasteiger partial charge in [-0.25, -0.2) is 0 Å². The van der Waals surface area contributed by atoms with Crippen LogP contribution in [-0.4, -0.2) is 33.4 Å². The van der Waals surface area contributed by atoms with Crippen molar-refractivity contribution in [3.05, 3.63) is 136 Å². The number of H-pyrrole nitrogens is 1. The molecule has 4 aromatic carbocycles. The van der Waals surface area contributed by atoms with E-state index in [-0.39, 0.29) is 23.0 Å². The van der Waals surface area contributed by atoms with E-state index in [0.29, 0.717) is 22.5 Å². The first-order valence-corrected chi connectivity index (χ1v) is 14.5. The number of carbonyl (C=O) groups excluding carboxylic acids is 3. The molecule has 11 heteroatoms. The molecule has 0 bridgehead atoms. The number of nitro groups is 1. The van der Waals surface area contributed by atoms with Crippen LogP contribution in [0.2, 0.25) is 0 Å². The molecule has 0 aliphatic carbocycles. The predicted octanol–water partition coefficient (Wildman–Crippen LogP) is 6.52. The fourth-order valence-corrected chi connectivity index (χ4v) is 5.04. The maximum Gasteiger partial charge on any atom is 0.272 e. The van der Waals surface area contributed by atoms with E-state index in [9.17, 15) is 24.5 Å². The zero-order chi connectivity index (χ0) is 31.1. The van der Waals surface area contributed by atoms with Crippen molar-refractivity contribution < 1.29 is 19.3 Å². The molecule has 1 heterocycles. The number of benzene rings is 4. The number of nitrogens with zero attached hydrogens (tertiary/aromatic N) is 1. The van der Waals surface area contributed by atoms with Crippen molar-refractivity contribution in [3.8, 4) is 0 Å². The third-order valence-electron chi connectivity index (χ3n) is 6.64. The van der Waals surface area contributed by atoms with Gasteiger partial charge < -0.3 is 20.9 Å². The number of aryl methyl sites for hydroxylation is 1. The molecule has 0 unspecified atom stereocenters. The molecule has 0 aliphatic rings. The summed E-state index contributed by atoms with van der Waals surface area (Å²) in [5, 5.41) is 20.2. The van der Waals surface area contributed by atoms with Gasteiger partial charge in [-0.3, -0.25) is 24.5 Å². The molecule has 220 valence electrons. The molecule has 10 nitrogen and oxygen atoms in total. The number of nitrogens with one attached hydrogen (secondary N) is 4. The van der Waals surface area contributed by atoms with Crippen molar-refractivity contribution in [1.29, 1.82) is 0 Å². The van der Waals surface area contributed by atoms with Gasteiger partial charge in [0.15, 0.2) is 0 Å². The number of hydrogen-bond donors (Lipinski definition) is 4. The summed E-state index contributed by atoms with van der Waals surface area (Å²) < 4.78 is 0. The van der Waals surface area contributed by atoms with Gasteiger partial charge in [0.2, 0.25) is 5.91 Å². The van der Waals surface area contributed by atoms with E-state index >= 15 is 0 Å². The number of nitro benzene ring substituents is 1. The molecule has 4 N–H and O–H groups in total. The molecule has 1 aromatic heterocycles. The number of thioether (sulfide) groups is 1. The van der Waals surface area contributed by atoms with Crippen LogP contribution < -0.4 is 16.0 Å². The second-order valence-electron chi connectivity index (χ2n) is 9.74. The van der Waals surface area contributed by atoms with Gasteiger partial charge in [-0.15, -0.1) is 11.8 Å². The highest BCUT2D eigenvalue weighted by molar-refractivity contribution is 8.00. The lowest BCUT2D eigenvalue weighted by Crippen LogP contribution is -2.30. The maximum absolute atomic E-state index is 13.4. The molecule has 3 amide bonds. The lowest BCUT2D eigenvalue weighted by molar-refractivity contribution is -0.384. The summed E-state index contributed by atoms with van der Waals surface area (Å²) in [5.74, 6) is -1.15. The molecule has 0 fully saturated rings. The summed E-state index contributed by atoms with van der Waals surface area (Å²) in [5.41, 5.74) is 3.61. The van der Waals surface area contributed by atoms with Crippen molar-refractivity contribution in [2.75, 3.05) is 16.4 Å². The van der Waals surface area contributed by atoms with Gasteiger partial charge in [-0.1, -0.05) is 42.5 Å². The highest BCUT2D eigenvalue weighted by atomic mass is 32.2. The molecule has 0 saturated heterocycles. The number of hydrogen-bond acceptors (Lipinski definition) is 6. The van der Waals surface area contributed by atoms with E-state index in [4.69, 9.17) is 0 Å². The van der Waals surface area contributed by atoms with Gasteiger partial charge in [0, 0.05) is 50.9 Å². The Morgan fingerprint density at radius 3 is 2.39 bits per heavy atom. The Hall–Kier alpha value is -5.68. The molecule has 44 heavy (non-hydrogen) atoms. The second kappa shape index (κ2) is 13.5. The number of amides is 3. The minimum atomic E-state index is -0.512. The number of fused-ring (bicyclic) bond motifs is 1. The number of aromatic nitrogens is 1. The maximum atomic E-state index is 13.4. The third-order valence-corrected chi connectivity index (χ3v) is 7.65. The van der Waals surface area contributed by atoms with Crippen LogP contribution in [0.4, 0.5) is 17.1 Å². The van der Waals surface area contributed by atoms with Crippen LogP contribution in [0.25, 0.3) is 17.0 Å². The van der Waals surface area contributed by atoms with Crippen LogP contribution in [0.5, 0.6) is 0 Å². The quantitative estimate of drug-likeness (QED) is 0.0617. The molecule has 5 aromatic rings. The smallest absolute Gasteiger partial charge is 0.272 e. The summed E-state index contributed by atoms with van der Waals surface area (Å²) in [6.07, 6.45) is 3.40. The Labute approximate surface area is 256 Å². The number of rotatable bonds is 10. The number of para-hydroxylation sites is 1. The van der Waals surface area contributed by atoms with Crippen LogP contribution in [0.15, 0.2) is 114 Å². The summed E-state index contributed by atoms with van der Waals surface area (Å²) in [6.45, 7) is 1.76. The zero-order valence-electron chi connectivity index (χ0n) is 23.5. The van der Waals surface area contributed by atoms with Gasteiger partial charge in [0.25, 0.3) is 17.5 Å². The van der Waals surface area contributed by atoms with E-state index in [1.54, 1.807) is 79.9 Å². The lowest BCUT2D eigenvalue weighted by atomic mass is 10.1. The van der Waals surface area contributed by atoms with Crippen LogP contribution in [-0.2, 0) is 9.59 Å². The number of non-ortho nitro benzene ring substituents is 1. The molecular weight excluding hydrogens is 578 g/mol. The molecule has 0 radical (unpaired) electrons. The van der Waals surface area contributed by atoms with Gasteiger partial charge in [0.05, 0.1) is 16.4 Å². The normalized spacial score (nSPS) is 11.2. The van der Waals surface area contributed by atoms with Gasteiger partial charge in [0.1, 0.15) is 5.70 Å². The number of carbonyl (C=O) groups is 3. The topological polar surface area (TPSA) is 146 Å². The van der Waals surface area contributed by atoms with Gasteiger partial charge in [-0.05, 0) is 61.0 Å². The summed E-state index contributed by atoms with van der Waals surface area (Å²) in [7, 11) is 0. The first kappa shape index (κ1) is 29.8. The van der Waals surface area contributed by atoms with Crippen LogP contribution in [0.1, 0.15) is 21.5 Å². The molecule has 0 saturated carbocycles. The van der Waals surface area contributed by atoms with E-state index < -0.39 is 16.7 Å². The van der Waals surface area contributed by atoms with Crippen LogP contribution in [0.3, 0.4) is 0 Å². The second-order valence-corrected chi connectivity index (χ2v) is 10.8. The van der Waals surface area contributed by atoms with E-state index in [1.165, 1.54) is 23.9 Å². The Bertz CT molecular complexity index is 1880. The Morgan fingerprint density at radius 2 is 1.64 bits per heavy atom. The standard InChI is InChI=1S/C33H27N5O5S/c1-21-11-14-25(38(42)43)18-29(21)36-31(39)20-44-26-15-12-24(13-16-26)35-33(41)30(37-32(40)22-7-3-2-4-8-22)17-23-19-34-28-10-6-5-9-27(23)28/h2-19,34H,20H2,1H3,(H,35,41)(H,36,39)(H,37,40)/b30-17+. The highest BCUT2D eigenvalue weighted by Gasteiger charge is 2.17. The average Bonchev–Trinajstić information content (AvgIpc) is 3.44. The van der Waals surface area contributed by atoms with E-state index in [1.807, 2.05) is 24.3 Å². The van der Waals surface area contributed by atoms with E-state index in [2.05, 4.69) is 20.9 Å². The van der Waals surface area contributed by atoms with Crippen molar-refractivity contribution in [3.63, 3.8) is 0 Å². The number of anilines is 2. The van der Waals surface area contributed by atoms with Crippen LogP contribution in [0, 0.1) is 17.0 Å². The third kappa shape index (κ3) is 7.39.